The van der Waals surface area contributed by atoms with Gasteiger partial charge in [0.05, 0.1) is 16.8 Å². The van der Waals surface area contributed by atoms with Gasteiger partial charge in [0.1, 0.15) is 5.75 Å². The molecule has 1 atom stereocenters. The summed E-state index contributed by atoms with van der Waals surface area (Å²) in [6.07, 6.45) is -0.616. The number of amides is 4. The van der Waals surface area contributed by atoms with Crippen LogP contribution >= 0.6 is 0 Å². The second kappa shape index (κ2) is 6.80. The van der Waals surface area contributed by atoms with Crippen molar-refractivity contribution in [3.05, 3.63) is 53.6 Å². The zero-order chi connectivity index (χ0) is 19.8. The van der Waals surface area contributed by atoms with Crippen molar-refractivity contribution in [3.63, 3.8) is 0 Å². The number of ether oxygens (including phenoxy) is 1. The van der Waals surface area contributed by atoms with Crippen LogP contribution in [0.25, 0.3) is 0 Å². The minimum Gasteiger partial charge on any atom is -0.479 e. The Morgan fingerprint density at radius 3 is 2.46 bits per heavy atom. The Morgan fingerprint density at radius 2 is 1.79 bits per heavy atom. The van der Waals surface area contributed by atoms with Gasteiger partial charge in [-0.15, -0.1) is 0 Å². The maximum absolute atomic E-state index is 12.3. The Bertz CT molecular complexity index is 982. The molecule has 142 valence electrons. The molecule has 28 heavy (non-hydrogen) atoms. The van der Waals surface area contributed by atoms with E-state index in [1.54, 1.807) is 49.4 Å². The topological polar surface area (TPSA) is 105 Å². The van der Waals surface area contributed by atoms with E-state index in [2.05, 4.69) is 10.6 Å². The summed E-state index contributed by atoms with van der Waals surface area (Å²) in [6.45, 7) is 1.63. The maximum atomic E-state index is 12.3. The molecule has 0 unspecified atom stereocenters. The lowest BCUT2D eigenvalue weighted by Gasteiger charge is -2.23. The number of carbonyl (C=O) groups excluding carboxylic acids is 4. The lowest BCUT2D eigenvalue weighted by Crippen LogP contribution is -2.34. The van der Waals surface area contributed by atoms with E-state index in [0.717, 1.165) is 4.90 Å². The molecule has 0 aliphatic carbocycles. The van der Waals surface area contributed by atoms with Crippen molar-refractivity contribution in [3.8, 4) is 5.75 Å². The van der Waals surface area contributed by atoms with E-state index < -0.39 is 17.9 Å². The van der Waals surface area contributed by atoms with Gasteiger partial charge in [0.15, 0.2) is 6.10 Å². The van der Waals surface area contributed by atoms with Gasteiger partial charge in [-0.05, 0) is 37.3 Å². The number of rotatable bonds is 4. The molecule has 0 bridgehead atoms. The molecule has 8 nitrogen and oxygen atoms in total. The predicted molar refractivity (Wildman–Crippen MR) is 100 cm³/mol. The van der Waals surface area contributed by atoms with Gasteiger partial charge < -0.3 is 15.4 Å². The van der Waals surface area contributed by atoms with Crippen LogP contribution in [0.5, 0.6) is 5.75 Å². The first-order valence-electron chi connectivity index (χ1n) is 8.80. The molecule has 0 aromatic heterocycles. The molecular formula is C20H17N3O5. The Labute approximate surface area is 160 Å². The van der Waals surface area contributed by atoms with Crippen molar-refractivity contribution >= 4 is 35.0 Å². The third kappa shape index (κ3) is 3.09. The fraction of sp³-hybridized carbons (Fsp3) is 0.200. The molecule has 0 fully saturated rings. The van der Waals surface area contributed by atoms with E-state index in [9.17, 15) is 19.2 Å². The molecule has 2 aliphatic heterocycles. The van der Waals surface area contributed by atoms with Crippen molar-refractivity contribution in [1.82, 2.24) is 4.90 Å². The Morgan fingerprint density at radius 1 is 1.11 bits per heavy atom. The van der Waals surface area contributed by atoms with Crippen molar-refractivity contribution in [2.75, 3.05) is 17.2 Å². The molecule has 0 saturated carbocycles. The number of carbonyl (C=O) groups is 4. The van der Waals surface area contributed by atoms with E-state index in [1.807, 2.05) is 0 Å². The Hall–Kier alpha value is -3.68. The van der Waals surface area contributed by atoms with Gasteiger partial charge in [-0.1, -0.05) is 12.1 Å². The molecule has 0 radical (unpaired) electrons. The average Bonchev–Trinajstić information content (AvgIpc) is 2.92. The minimum atomic E-state index is -0.576. The number of imide groups is 1. The number of hydrogen-bond acceptors (Lipinski definition) is 5. The van der Waals surface area contributed by atoms with Crippen LogP contribution in [-0.2, 0) is 9.59 Å². The maximum Gasteiger partial charge on any atom is 0.265 e. The number of benzene rings is 2. The van der Waals surface area contributed by atoms with E-state index in [0.29, 0.717) is 28.3 Å². The third-order valence-electron chi connectivity index (χ3n) is 4.63. The predicted octanol–water partition coefficient (Wildman–Crippen LogP) is 2.03. The highest BCUT2D eigenvalue weighted by Crippen LogP contribution is 2.32. The summed E-state index contributed by atoms with van der Waals surface area (Å²) < 4.78 is 5.47. The molecule has 2 N–H and O–H groups in total. The van der Waals surface area contributed by atoms with Crippen LogP contribution in [0.15, 0.2) is 42.5 Å². The van der Waals surface area contributed by atoms with Crippen LogP contribution in [-0.4, -0.2) is 41.2 Å². The standard InChI is InChI=1S/C20H17N3O5/c1-11-18(25)22-15-10-12(6-7-16(15)28-11)21-17(24)8-9-23-19(26)13-4-2-3-5-14(13)20(23)27/h2-7,10-11H,8-9H2,1H3,(H,21,24)(H,22,25)/t11-/m1/s1. The highest BCUT2D eigenvalue weighted by Gasteiger charge is 2.35. The van der Waals surface area contributed by atoms with E-state index >= 15 is 0 Å². The van der Waals surface area contributed by atoms with Gasteiger partial charge in [-0.25, -0.2) is 0 Å². The summed E-state index contributed by atoms with van der Waals surface area (Å²) in [6, 6.07) is 11.5. The van der Waals surface area contributed by atoms with E-state index in [-0.39, 0.29) is 24.8 Å². The summed E-state index contributed by atoms with van der Waals surface area (Å²) in [5, 5.41) is 5.41. The molecule has 4 rings (SSSR count). The molecular weight excluding hydrogens is 362 g/mol. The normalized spacial score (nSPS) is 17.5. The highest BCUT2D eigenvalue weighted by atomic mass is 16.5. The third-order valence-corrected chi connectivity index (χ3v) is 4.63. The van der Waals surface area contributed by atoms with Gasteiger partial charge in [0.25, 0.3) is 17.7 Å². The van der Waals surface area contributed by atoms with E-state index in [1.165, 1.54) is 0 Å². The van der Waals surface area contributed by atoms with Crippen LogP contribution in [0.3, 0.4) is 0 Å². The van der Waals surface area contributed by atoms with Gasteiger partial charge in [0, 0.05) is 18.7 Å². The quantitative estimate of drug-likeness (QED) is 0.791. The van der Waals surface area contributed by atoms with Gasteiger partial charge >= 0.3 is 0 Å². The highest BCUT2D eigenvalue weighted by molar-refractivity contribution is 6.21. The molecule has 2 aromatic carbocycles. The first kappa shape index (κ1) is 17.7. The van der Waals surface area contributed by atoms with Crippen LogP contribution in [0.4, 0.5) is 11.4 Å². The van der Waals surface area contributed by atoms with Crippen molar-refractivity contribution in [2.24, 2.45) is 0 Å². The zero-order valence-corrected chi connectivity index (χ0v) is 15.0. The van der Waals surface area contributed by atoms with Crippen LogP contribution in [0, 0.1) is 0 Å². The fourth-order valence-electron chi connectivity index (χ4n) is 3.17. The monoisotopic (exact) mass is 379 g/mol. The van der Waals surface area contributed by atoms with Crippen molar-refractivity contribution in [1.29, 1.82) is 0 Å². The summed E-state index contributed by atoms with van der Waals surface area (Å²) in [5.74, 6) is -0.877. The zero-order valence-electron chi connectivity index (χ0n) is 15.0. The number of fused-ring (bicyclic) bond motifs is 2. The first-order valence-corrected chi connectivity index (χ1v) is 8.80. The fourth-order valence-corrected chi connectivity index (χ4v) is 3.17. The lowest BCUT2D eigenvalue weighted by atomic mass is 10.1. The number of anilines is 2. The summed E-state index contributed by atoms with van der Waals surface area (Å²) >= 11 is 0. The molecule has 2 aromatic rings. The SMILES string of the molecule is C[C@H]1Oc2ccc(NC(=O)CCN3C(=O)c4ccccc4C3=O)cc2NC1=O. The van der Waals surface area contributed by atoms with Gasteiger partial charge in [-0.2, -0.15) is 0 Å². The molecule has 0 saturated heterocycles. The first-order chi connectivity index (χ1) is 13.4. The molecule has 8 heteroatoms. The van der Waals surface area contributed by atoms with Gasteiger partial charge in [0.2, 0.25) is 5.91 Å². The van der Waals surface area contributed by atoms with Gasteiger partial charge in [-0.3, -0.25) is 24.1 Å². The second-order valence-corrected chi connectivity index (χ2v) is 6.57. The molecule has 2 aliphatic rings. The summed E-state index contributed by atoms with van der Waals surface area (Å²) in [4.78, 5) is 49.7. The lowest BCUT2D eigenvalue weighted by molar-refractivity contribution is -0.122. The van der Waals surface area contributed by atoms with E-state index in [4.69, 9.17) is 4.74 Å². The number of nitrogens with one attached hydrogen (secondary N) is 2. The van der Waals surface area contributed by atoms with Crippen LogP contribution in [0.2, 0.25) is 0 Å². The largest absolute Gasteiger partial charge is 0.479 e. The minimum absolute atomic E-state index is 0.0134. The molecule has 0 spiro atoms. The van der Waals surface area contributed by atoms with Crippen LogP contribution < -0.4 is 15.4 Å². The smallest absolute Gasteiger partial charge is 0.265 e. The Balaban J connectivity index is 1.38. The van der Waals surface area contributed by atoms with Crippen molar-refractivity contribution in [2.45, 2.75) is 19.4 Å². The second-order valence-electron chi connectivity index (χ2n) is 6.57. The number of nitrogens with zero attached hydrogens (tertiary/aromatic N) is 1. The van der Waals surface area contributed by atoms with Crippen molar-refractivity contribution < 1.29 is 23.9 Å². The Kier molecular flexibility index (Phi) is 4.31. The summed E-state index contributed by atoms with van der Waals surface area (Å²) in [5.41, 5.74) is 1.66. The molecule has 4 amide bonds. The number of hydrogen-bond donors (Lipinski definition) is 2. The van der Waals surface area contributed by atoms with Crippen LogP contribution in [0.1, 0.15) is 34.1 Å². The molecule has 2 heterocycles. The average molecular weight is 379 g/mol. The summed E-state index contributed by atoms with van der Waals surface area (Å²) in [7, 11) is 0.